The molecule has 0 fully saturated rings. The molecule has 0 heterocycles. The second-order valence-electron chi connectivity index (χ2n) is 2.12. The van der Waals surface area contributed by atoms with Crippen molar-refractivity contribution in [1.82, 2.24) is 10.2 Å². The van der Waals surface area contributed by atoms with E-state index in [-0.39, 0.29) is 8.22 Å². The van der Waals surface area contributed by atoms with Crippen LogP contribution in [0.25, 0.3) is 0 Å². The molecule has 0 aliphatic carbocycles. The zero-order valence-electron chi connectivity index (χ0n) is 6.83. The topological polar surface area (TPSA) is 24.1 Å². The van der Waals surface area contributed by atoms with Gasteiger partial charge < -0.3 is 0 Å². The molecule has 1 aromatic carbocycles. The molecule has 0 bridgehead atoms. The molecule has 0 spiro atoms. The Morgan fingerprint density at radius 3 is 2.00 bits per heavy atom. The second-order valence-corrected chi connectivity index (χ2v) is 4.20. The fraction of sp³-hybridized carbons (Fsp3) is 0.250. The molecule has 0 radical (unpaired) electrons. The van der Waals surface area contributed by atoms with Gasteiger partial charge in [0, 0.05) is 5.30 Å². The summed E-state index contributed by atoms with van der Waals surface area (Å²) in [4.78, 5) is 0. The summed E-state index contributed by atoms with van der Waals surface area (Å²) in [6.07, 6.45) is 0. The number of nitrogens with one attached hydrogen (secondary N) is 2. The molecule has 0 atom stereocenters. The molecule has 1 rings (SSSR count). The molecule has 0 aliphatic rings. The van der Waals surface area contributed by atoms with Crippen molar-refractivity contribution >= 4 is 13.5 Å². The zero-order chi connectivity index (χ0) is 8.10. The molecule has 0 saturated carbocycles. The monoisotopic (exact) mass is 168 g/mol. The minimum absolute atomic E-state index is 0.351. The van der Waals surface area contributed by atoms with Gasteiger partial charge in [0.1, 0.15) is 0 Å². The van der Waals surface area contributed by atoms with E-state index < -0.39 is 0 Å². The van der Waals surface area contributed by atoms with Crippen LogP contribution in [0.3, 0.4) is 0 Å². The van der Waals surface area contributed by atoms with E-state index in [2.05, 4.69) is 34.4 Å². The Morgan fingerprint density at radius 1 is 1.00 bits per heavy atom. The van der Waals surface area contributed by atoms with Gasteiger partial charge in [-0.3, -0.25) is 10.2 Å². The van der Waals surface area contributed by atoms with Crippen molar-refractivity contribution in [1.29, 1.82) is 0 Å². The van der Waals surface area contributed by atoms with Gasteiger partial charge in [-0.1, -0.05) is 30.3 Å². The first kappa shape index (κ1) is 8.66. The third-order valence-electron chi connectivity index (χ3n) is 1.46. The van der Waals surface area contributed by atoms with Gasteiger partial charge in [0.05, 0.1) is 8.22 Å². The summed E-state index contributed by atoms with van der Waals surface area (Å²) < 4.78 is 0. The van der Waals surface area contributed by atoms with Crippen molar-refractivity contribution in [3.05, 3.63) is 30.3 Å². The van der Waals surface area contributed by atoms with Crippen LogP contribution in [-0.2, 0) is 0 Å². The zero-order valence-corrected chi connectivity index (χ0v) is 7.73. The van der Waals surface area contributed by atoms with E-state index in [1.165, 1.54) is 5.30 Å². The first-order valence-corrected chi connectivity index (χ1v) is 4.92. The average Bonchev–Trinajstić information content (AvgIpc) is 2.09. The maximum Gasteiger partial charge on any atom is 0.0662 e. The summed E-state index contributed by atoms with van der Waals surface area (Å²) in [6.45, 7) is 0. The van der Waals surface area contributed by atoms with Gasteiger partial charge in [0.15, 0.2) is 0 Å². The first-order chi connectivity index (χ1) is 5.38. The Labute approximate surface area is 68.9 Å². The van der Waals surface area contributed by atoms with Crippen LogP contribution in [0.1, 0.15) is 0 Å². The van der Waals surface area contributed by atoms with Crippen LogP contribution >= 0.6 is 8.22 Å². The quantitative estimate of drug-likeness (QED) is 0.659. The van der Waals surface area contributed by atoms with Crippen LogP contribution in [0.15, 0.2) is 30.3 Å². The summed E-state index contributed by atoms with van der Waals surface area (Å²) in [6, 6.07) is 10.4. The van der Waals surface area contributed by atoms with Gasteiger partial charge in [-0.15, -0.1) is 0 Å². The third-order valence-corrected chi connectivity index (χ3v) is 3.17. The highest BCUT2D eigenvalue weighted by Gasteiger charge is 2.02. The van der Waals surface area contributed by atoms with Gasteiger partial charge in [0.25, 0.3) is 0 Å². The van der Waals surface area contributed by atoms with E-state index in [0.29, 0.717) is 0 Å². The van der Waals surface area contributed by atoms with E-state index in [1.807, 2.05) is 20.2 Å². The van der Waals surface area contributed by atoms with E-state index >= 15 is 0 Å². The molecule has 0 unspecified atom stereocenters. The number of hydrogen-bond acceptors (Lipinski definition) is 2. The van der Waals surface area contributed by atoms with Gasteiger partial charge in [-0.2, -0.15) is 0 Å². The lowest BCUT2D eigenvalue weighted by atomic mass is 10.4. The molecule has 2 nitrogen and oxygen atoms in total. The Morgan fingerprint density at radius 2 is 1.55 bits per heavy atom. The van der Waals surface area contributed by atoms with Crippen molar-refractivity contribution in [2.24, 2.45) is 0 Å². The number of hydrogen-bond donors (Lipinski definition) is 2. The highest BCUT2D eigenvalue weighted by molar-refractivity contribution is 7.61. The lowest BCUT2D eigenvalue weighted by Crippen LogP contribution is -2.19. The fourth-order valence-corrected chi connectivity index (χ4v) is 2.16. The molecular weight excluding hydrogens is 155 g/mol. The Balaban J connectivity index is 2.74. The molecule has 0 amide bonds. The lowest BCUT2D eigenvalue weighted by molar-refractivity contribution is 1.17. The van der Waals surface area contributed by atoms with Crippen LogP contribution in [0, 0.1) is 0 Å². The lowest BCUT2D eigenvalue weighted by Gasteiger charge is -2.14. The highest BCUT2D eigenvalue weighted by atomic mass is 31.1. The molecule has 0 aliphatic heterocycles. The van der Waals surface area contributed by atoms with Crippen LogP contribution in [-0.4, -0.2) is 14.1 Å². The Bertz CT molecular complexity index is 197. The van der Waals surface area contributed by atoms with E-state index in [0.717, 1.165) is 0 Å². The normalized spacial score (nSPS) is 10.5. The van der Waals surface area contributed by atoms with Crippen molar-refractivity contribution in [2.45, 2.75) is 0 Å². The third kappa shape index (κ3) is 2.26. The predicted molar refractivity (Wildman–Crippen MR) is 51.1 cm³/mol. The summed E-state index contributed by atoms with van der Waals surface area (Å²) in [5, 5.41) is 7.77. The van der Waals surface area contributed by atoms with Gasteiger partial charge in [-0.25, -0.2) is 0 Å². The molecule has 0 aromatic heterocycles. The van der Waals surface area contributed by atoms with E-state index in [4.69, 9.17) is 0 Å². The van der Waals surface area contributed by atoms with Crippen LogP contribution in [0.5, 0.6) is 0 Å². The predicted octanol–water partition coefficient (Wildman–Crippen LogP) is 1.06. The van der Waals surface area contributed by atoms with Crippen LogP contribution < -0.4 is 15.5 Å². The van der Waals surface area contributed by atoms with Gasteiger partial charge in [-0.05, 0) is 14.1 Å². The molecule has 1 aromatic rings. The maximum atomic E-state index is 3.22. The number of benzene rings is 1. The summed E-state index contributed by atoms with van der Waals surface area (Å²) in [5.74, 6) is 0. The Kier molecular flexibility index (Phi) is 3.50. The van der Waals surface area contributed by atoms with E-state index in [9.17, 15) is 0 Å². The van der Waals surface area contributed by atoms with Crippen molar-refractivity contribution in [2.75, 3.05) is 14.1 Å². The SMILES string of the molecule is CNP(NC)c1ccccc1. The first-order valence-electron chi connectivity index (χ1n) is 3.58. The fourth-order valence-electron chi connectivity index (χ4n) is 0.947. The maximum absolute atomic E-state index is 3.22. The van der Waals surface area contributed by atoms with Gasteiger partial charge in [0.2, 0.25) is 0 Å². The highest BCUT2D eigenvalue weighted by Crippen LogP contribution is 2.20. The number of rotatable bonds is 3. The summed E-state index contributed by atoms with van der Waals surface area (Å²) >= 11 is 0. The largest absolute Gasteiger partial charge is 0.283 e. The molecule has 2 N–H and O–H groups in total. The van der Waals surface area contributed by atoms with Crippen molar-refractivity contribution in [3.63, 3.8) is 0 Å². The van der Waals surface area contributed by atoms with Crippen LogP contribution in [0.2, 0.25) is 0 Å². The standard InChI is InChI=1S/C8H13N2P/c1-9-11(10-2)8-6-4-3-5-7-8/h3-7,9-10H,1-2H3. The molecule has 3 heteroatoms. The molecule has 60 valence electrons. The molecule has 11 heavy (non-hydrogen) atoms. The van der Waals surface area contributed by atoms with Crippen molar-refractivity contribution in [3.8, 4) is 0 Å². The summed E-state index contributed by atoms with van der Waals surface area (Å²) in [7, 11) is 3.58. The van der Waals surface area contributed by atoms with Gasteiger partial charge >= 0.3 is 0 Å². The Hall–Kier alpha value is -0.430. The smallest absolute Gasteiger partial charge is 0.0662 e. The summed E-state index contributed by atoms with van der Waals surface area (Å²) in [5.41, 5.74) is 0. The minimum Gasteiger partial charge on any atom is -0.283 e. The van der Waals surface area contributed by atoms with Crippen molar-refractivity contribution < 1.29 is 0 Å². The van der Waals surface area contributed by atoms with Crippen LogP contribution in [0.4, 0.5) is 0 Å². The second kappa shape index (κ2) is 4.45. The minimum atomic E-state index is -0.351. The van der Waals surface area contributed by atoms with E-state index in [1.54, 1.807) is 0 Å². The molecule has 0 saturated heterocycles. The molecular formula is C8H13N2P. The average molecular weight is 168 g/mol.